The Balaban J connectivity index is 1.98. The number of benzene rings is 2. The van der Waals surface area contributed by atoms with Crippen molar-refractivity contribution in [1.82, 2.24) is 5.43 Å². The van der Waals surface area contributed by atoms with E-state index in [2.05, 4.69) is 10.5 Å². The molecular weight excluding hydrogens is 300 g/mol. The number of anilines is 1. The van der Waals surface area contributed by atoms with Gasteiger partial charge in [-0.25, -0.2) is 5.84 Å². The molecule has 1 atom stereocenters. The molecule has 1 aliphatic rings. The highest BCUT2D eigenvalue weighted by Crippen LogP contribution is 2.35. The van der Waals surface area contributed by atoms with Gasteiger partial charge in [-0.2, -0.15) is 5.10 Å². The molecule has 0 aromatic heterocycles. The second-order valence-corrected chi connectivity index (χ2v) is 5.41. The van der Waals surface area contributed by atoms with Crippen molar-refractivity contribution < 1.29 is 4.79 Å². The fraction of sp³-hybridized carbons (Fsp3) is 0.125. The fourth-order valence-corrected chi connectivity index (χ4v) is 2.62. The van der Waals surface area contributed by atoms with E-state index in [1.807, 2.05) is 47.5 Å². The highest BCUT2D eigenvalue weighted by atomic mass is 35.5. The number of amides is 1. The Morgan fingerprint density at radius 2 is 1.86 bits per heavy atom. The van der Waals surface area contributed by atoms with Crippen LogP contribution in [0.25, 0.3) is 0 Å². The minimum absolute atomic E-state index is 0.0466. The predicted molar refractivity (Wildman–Crippen MR) is 87.5 cm³/mol. The van der Waals surface area contributed by atoms with Crippen LogP contribution in [0.15, 0.2) is 59.7 Å². The van der Waals surface area contributed by atoms with Crippen molar-refractivity contribution in [3.63, 3.8) is 0 Å². The highest BCUT2D eigenvalue weighted by Gasteiger charge is 2.32. The van der Waals surface area contributed by atoms with Crippen LogP contribution in [-0.2, 0) is 4.79 Å². The van der Waals surface area contributed by atoms with E-state index < -0.39 is 0 Å². The second kappa shape index (κ2) is 6.17. The first-order chi connectivity index (χ1) is 10.7. The summed E-state index contributed by atoms with van der Waals surface area (Å²) in [6.07, 6.45) is 0.496. The maximum Gasteiger partial charge on any atom is 0.281 e. The number of carbonyl (C=O) groups excluding carboxylic acids is 1. The van der Waals surface area contributed by atoms with Crippen molar-refractivity contribution in [3.05, 3.63) is 65.2 Å². The van der Waals surface area contributed by atoms with Crippen molar-refractivity contribution in [2.75, 3.05) is 5.01 Å². The van der Waals surface area contributed by atoms with Gasteiger partial charge in [0.05, 0.1) is 11.7 Å². The number of hydrogen-bond donors (Lipinski definition) is 2. The summed E-state index contributed by atoms with van der Waals surface area (Å²) in [6.45, 7) is 0. The molecule has 3 rings (SSSR count). The lowest BCUT2D eigenvalue weighted by molar-refractivity contribution is -0.114. The van der Waals surface area contributed by atoms with E-state index in [1.54, 1.807) is 12.1 Å². The normalized spacial score (nSPS) is 17.3. The summed E-state index contributed by atoms with van der Waals surface area (Å²) in [6, 6.07) is 17.3. The maximum absolute atomic E-state index is 11.8. The molecule has 0 fully saturated rings. The minimum Gasteiger partial charge on any atom is -0.289 e. The fourth-order valence-electron chi connectivity index (χ4n) is 2.50. The zero-order chi connectivity index (χ0) is 15.5. The highest BCUT2D eigenvalue weighted by molar-refractivity contribution is 6.39. The van der Waals surface area contributed by atoms with Gasteiger partial charge >= 0.3 is 0 Å². The average molecular weight is 315 g/mol. The topological polar surface area (TPSA) is 70.7 Å². The number of hydrogen-bond acceptors (Lipinski definition) is 4. The van der Waals surface area contributed by atoms with Gasteiger partial charge in [-0.1, -0.05) is 41.9 Å². The Kier molecular flexibility index (Phi) is 4.09. The first kappa shape index (κ1) is 14.6. The number of nitrogens with zero attached hydrogens (tertiary/aromatic N) is 2. The molecule has 6 heteroatoms. The number of nitrogens with two attached hydrogens (primary N) is 1. The molecule has 0 saturated heterocycles. The average Bonchev–Trinajstić information content (AvgIpc) is 3.01. The largest absolute Gasteiger partial charge is 0.289 e. The summed E-state index contributed by atoms with van der Waals surface area (Å²) in [5.41, 5.74) is 4.51. The van der Waals surface area contributed by atoms with E-state index in [-0.39, 0.29) is 11.9 Å². The molecule has 1 heterocycles. The standard InChI is InChI=1S/C16H15ClN4O/c17-12-6-8-13(9-7-12)21-15(11-4-2-1-3-5-11)10-14(20-21)16(22)19-18/h1-9,15H,10,18H2,(H,19,22)/t15-/m1/s1. The number of halogens is 1. The Morgan fingerprint density at radius 1 is 1.18 bits per heavy atom. The molecule has 0 bridgehead atoms. The number of hydrazone groups is 1. The molecule has 5 nitrogen and oxygen atoms in total. The molecule has 1 aliphatic heterocycles. The smallest absolute Gasteiger partial charge is 0.281 e. The number of rotatable bonds is 3. The third-order valence-electron chi connectivity index (χ3n) is 3.58. The first-order valence-electron chi connectivity index (χ1n) is 6.87. The van der Waals surface area contributed by atoms with Gasteiger partial charge < -0.3 is 0 Å². The maximum atomic E-state index is 11.8. The van der Waals surface area contributed by atoms with Gasteiger partial charge in [0.25, 0.3) is 5.91 Å². The van der Waals surface area contributed by atoms with Crippen LogP contribution in [0.5, 0.6) is 0 Å². The Hall–Kier alpha value is -2.37. The van der Waals surface area contributed by atoms with Gasteiger partial charge in [0.1, 0.15) is 5.71 Å². The monoisotopic (exact) mass is 314 g/mol. The SMILES string of the molecule is NNC(=O)C1=NN(c2ccc(Cl)cc2)[C@@H](c2ccccc2)C1. The summed E-state index contributed by atoms with van der Waals surface area (Å²) < 4.78 is 0. The van der Waals surface area contributed by atoms with Gasteiger partial charge in [0.2, 0.25) is 0 Å². The Labute approximate surface area is 133 Å². The van der Waals surface area contributed by atoms with E-state index in [0.717, 1.165) is 11.3 Å². The van der Waals surface area contributed by atoms with Crippen molar-refractivity contribution >= 4 is 28.9 Å². The van der Waals surface area contributed by atoms with Crippen LogP contribution in [0.3, 0.4) is 0 Å². The third kappa shape index (κ3) is 2.81. The number of nitrogens with one attached hydrogen (secondary N) is 1. The first-order valence-corrected chi connectivity index (χ1v) is 7.25. The van der Waals surface area contributed by atoms with Crippen LogP contribution >= 0.6 is 11.6 Å². The van der Waals surface area contributed by atoms with Crippen LogP contribution in [-0.4, -0.2) is 11.6 Å². The lowest BCUT2D eigenvalue weighted by Gasteiger charge is -2.24. The third-order valence-corrected chi connectivity index (χ3v) is 3.83. The van der Waals surface area contributed by atoms with E-state index in [1.165, 1.54) is 0 Å². The molecular formula is C16H15ClN4O. The molecule has 22 heavy (non-hydrogen) atoms. The van der Waals surface area contributed by atoms with E-state index in [9.17, 15) is 4.79 Å². The summed E-state index contributed by atoms with van der Waals surface area (Å²) in [5.74, 6) is 4.86. The molecule has 0 aliphatic carbocycles. The molecule has 0 spiro atoms. The molecule has 2 aromatic carbocycles. The summed E-state index contributed by atoms with van der Waals surface area (Å²) in [5, 5.41) is 6.92. The van der Waals surface area contributed by atoms with Crippen LogP contribution in [0, 0.1) is 0 Å². The summed E-state index contributed by atoms with van der Waals surface area (Å²) in [7, 11) is 0. The lowest BCUT2D eigenvalue weighted by atomic mass is 10.0. The quantitative estimate of drug-likeness (QED) is 0.520. The van der Waals surface area contributed by atoms with Crippen molar-refractivity contribution in [2.24, 2.45) is 10.9 Å². The van der Waals surface area contributed by atoms with E-state index in [4.69, 9.17) is 17.4 Å². The zero-order valence-corrected chi connectivity index (χ0v) is 12.5. The van der Waals surface area contributed by atoms with Gasteiger partial charge in [-0.15, -0.1) is 0 Å². The summed E-state index contributed by atoms with van der Waals surface area (Å²) >= 11 is 5.94. The molecule has 0 radical (unpaired) electrons. The summed E-state index contributed by atoms with van der Waals surface area (Å²) in [4.78, 5) is 11.8. The Bertz CT molecular complexity index is 700. The van der Waals surface area contributed by atoms with Gasteiger partial charge in [-0.3, -0.25) is 15.2 Å². The molecule has 0 saturated carbocycles. The van der Waals surface area contributed by atoms with Crippen molar-refractivity contribution in [1.29, 1.82) is 0 Å². The minimum atomic E-state index is -0.364. The van der Waals surface area contributed by atoms with E-state index in [0.29, 0.717) is 17.2 Å². The molecule has 2 aromatic rings. The van der Waals surface area contributed by atoms with Gasteiger partial charge in [0, 0.05) is 11.4 Å². The van der Waals surface area contributed by atoms with Crippen LogP contribution in [0.2, 0.25) is 5.02 Å². The van der Waals surface area contributed by atoms with Crippen LogP contribution in [0.1, 0.15) is 18.0 Å². The van der Waals surface area contributed by atoms with E-state index >= 15 is 0 Å². The van der Waals surface area contributed by atoms with Gasteiger partial charge in [0.15, 0.2) is 0 Å². The second-order valence-electron chi connectivity index (χ2n) is 4.97. The number of hydrazine groups is 1. The molecule has 1 amide bonds. The Morgan fingerprint density at radius 3 is 2.50 bits per heavy atom. The van der Waals surface area contributed by atoms with Crippen molar-refractivity contribution in [3.8, 4) is 0 Å². The van der Waals surface area contributed by atoms with Crippen LogP contribution < -0.4 is 16.3 Å². The number of carbonyl (C=O) groups is 1. The zero-order valence-electron chi connectivity index (χ0n) is 11.7. The van der Waals surface area contributed by atoms with Crippen molar-refractivity contribution in [2.45, 2.75) is 12.5 Å². The molecule has 112 valence electrons. The predicted octanol–water partition coefficient (Wildman–Crippen LogP) is 2.64. The van der Waals surface area contributed by atoms with Gasteiger partial charge in [-0.05, 0) is 29.8 Å². The molecule has 3 N–H and O–H groups in total. The lowest BCUT2D eigenvalue weighted by Crippen LogP contribution is -2.35. The molecule has 0 unspecified atom stereocenters. The van der Waals surface area contributed by atoms with Crippen LogP contribution in [0.4, 0.5) is 5.69 Å².